The third-order valence-corrected chi connectivity index (χ3v) is 4.54. The van der Waals surface area contributed by atoms with Crippen LogP contribution in [0.4, 0.5) is 22.0 Å². The van der Waals surface area contributed by atoms with Gasteiger partial charge in [0.25, 0.3) is 6.08 Å². The molecule has 4 rings (SSSR count). The second-order valence-electron chi connectivity index (χ2n) is 6.80. The van der Waals surface area contributed by atoms with E-state index < -0.39 is 23.9 Å². The van der Waals surface area contributed by atoms with Gasteiger partial charge in [-0.05, 0) is 30.3 Å². The first-order valence-corrected chi connectivity index (χ1v) is 9.57. The van der Waals surface area contributed by atoms with E-state index in [2.05, 4.69) is 15.2 Å². The van der Waals surface area contributed by atoms with Gasteiger partial charge >= 0.3 is 17.8 Å². The normalized spacial score (nSPS) is 12.1. The topological polar surface area (TPSA) is 145 Å². The molecule has 0 aliphatic carbocycles. The third-order valence-electron chi connectivity index (χ3n) is 4.54. The van der Waals surface area contributed by atoms with Crippen LogP contribution in [0.2, 0.25) is 0 Å². The number of carbonyl (C=O) groups is 1. The summed E-state index contributed by atoms with van der Waals surface area (Å²) in [5, 5.41) is 13.3. The molecule has 0 bridgehead atoms. The Bertz CT molecular complexity index is 1310. The van der Waals surface area contributed by atoms with Crippen molar-refractivity contribution in [1.82, 2.24) is 19.7 Å². The number of benzene rings is 1. The molecule has 0 saturated heterocycles. The lowest BCUT2D eigenvalue weighted by atomic mass is 10.1. The Morgan fingerprint density at radius 1 is 1.17 bits per heavy atom. The van der Waals surface area contributed by atoms with Crippen LogP contribution in [0.25, 0.3) is 16.9 Å². The molecular formula is C20H16F5N5O5. The minimum absolute atomic E-state index is 0.126. The van der Waals surface area contributed by atoms with E-state index in [4.69, 9.17) is 25.1 Å². The molecule has 0 unspecified atom stereocenters. The molecule has 1 aromatic carbocycles. The highest BCUT2D eigenvalue weighted by atomic mass is 19.4. The first kappa shape index (κ1) is 25.4. The van der Waals surface area contributed by atoms with E-state index in [-0.39, 0.29) is 31.2 Å². The van der Waals surface area contributed by atoms with Crippen molar-refractivity contribution in [3.63, 3.8) is 0 Å². The smallest absolute Gasteiger partial charge is 0.475 e. The number of alkyl halides is 3. The molecule has 0 spiro atoms. The number of rotatable bonds is 5. The van der Waals surface area contributed by atoms with Gasteiger partial charge in [-0.2, -0.15) is 27.1 Å². The van der Waals surface area contributed by atoms with Gasteiger partial charge in [0.1, 0.15) is 5.82 Å². The summed E-state index contributed by atoms with van der Waals surface area (Å²) in [5.41, 5.74) is 6.29. The van der Waals surface area contributed by atoms with Gasteiger partial charge in [-0.3, -0.25) is 4.98 Å². The molecule has 3 aromatic rings. The van der Waals surface area contributed by atoms with Crippen LogP contribution in [-0.4, -0.2) is 50.3 Å². The van der Waals surface area contributed by atoms with Gasteiger partial charge in [0.2, 0.25) is 6.79 Å². The zero-order valence-corrected chi connectivity index (χ0v) is 17.5. The van der Waals surface area contributed by atoms with Crippen LogP contribution in [0.3, 0.4) is 0 Å². The highest BCUT2D eigenvalue weighted by Crippen LogP contribution is 2.35. The second kappa shape index (κ2) is 10.3. The number of fused-ring (bicyclic) bond motifs is 1. The predicted octanol–water partition coefficient (Wildman–Crippen LogP) is 2.64. The van der Waals surface area contributed by atoms with E-state index in [1.165, 1.54) is 10.8 Å². The molecule has 3 heterocycles. The summed E-state index contributed by atoms with van der Waals surface area (Å²) in [4.78, 5) is 25.4. The SMILES string of the molecule is NCC(Cc1n[nH]c(=O)n1-c1ccnc(-c2ccc3c(c2)OCO3)c1)=C(F)F.O=C(O)C(F)(F)F. The molecule has 0 atom stereocenters. The molecule has 2 aromatic heterocycles. The van der Waals surface area contributed by atoms with Crippen LogP contribution in [-0.2, 0) is 11.2 Å². The summed E-state index contributed by atoms with van der Waals surface area (Å²) in [6.45, 7) is -0.176. The number of nitrogens with zero attached hydrogens (tertiary/aromatic N) is 3. The van der Waals surface area contributed by atoms with Crippen molar-refractivity contribution in [3.05, 3.63) is 64.5 Å². The zero-order valence-electron chi connectivity index (χ0n) is 17.5. The van der Waals surface area contributed by atoms with Crippen molar-refractivity contribution in [1.29, 1.82) is 0 Å². The first-order valence-electron chi connectivity index (χ1n) is 9.57. The average Bonchev–Trinajstić information content (AvgIpc) is 3.42. The van der Waals surface area contributed by atoms with E-state index >= 15 is 0 Å². The molecule has 0 fully saturated rings. The maximum atomic E-state index is 13.0. The van der Waals surface area contributed by atoms with E-state index in [1.807, 2.05) is 6.07 Å². The zero-order chi connectivity index (χ0) is 25.8. The molecule has 0 saturated carbocycles. The molecule has 10 nitrogen and oxygen atoms in total. The number of carboxylic acids is 1. The lowest BCUT2D eigenvalue weighted by Gasteiger charge is -2.09. The van der Waals surface area contributed by atoms with Crippen molar-refractivity contribution in [3.8, 4) is 28.4 Å². The number of hydrogen-bond acceptors (Lipinski definition) is 7. The number of pyridine rings is 1. The maximum Gasteiger partial charge on any atom is 0.490 e. The lowest BCUT2D eigenvalue weighted by molar-refractivity contribution is -0.192. The molecule has 4 N–H and O–H groups in total. The minimum atomic E-state index is -5.08. The van der Waals surface area contributed by atoms with Gasteiger partial charge in [-0.1, -0.05) is 0 Å². The molecule has 15 heteroatoms. The molecule has 0 amide bonds. The average molecular weight is 501 g/mol. The Hall–Kier alpha value is -4.27. The predicted molar refractivity (Wildman–Crippen MR) is 109 cm³/mol. The van der Waals surface area contributed by atoms with Gasteiger partial charge < -0.3 is 20.3 Å². The van der Waals surface area contributed by atoms with Gasteiger partial charge in [0, 0.05) is 30.3 Å². The summed E-state index contributed by atoms with van der Waals surface area (Å²) in [6, 6.07) is 8.61. The fourth-order valence-corrected chi connectivity index (χ4v) is 2.89. The Labute approximate surface area is 192 Å². The molecule has 35 heavy (non-hydrogen) atoms. The fourth-order valence-electron chi connectivity index (χ4n) is 2.89. The van der Waals surface area contributed by atoms with Crippen molar-refractivity contribution in [2.45, 2.75) is 12.6 Å². The van der Waals surface area contributed by atoms with E-state index in [0.29, 0.717) is 22.9 Å². The van der Waals surface area contributed by atoms with E-state index in [9.17, 15) is 26.7 Å². The summed E-state index contributed by atoms with van der Waals surface area (Å²) in [7, 11) is 0. The van der Waals surface area contributed by atoms with Crippen LogP contribution in [0.1, 0.15) is 5.82 Å². The standard InChI is InChI=1S/C18H15F2N5O3.C2HF3O2/c19-17(20)11(8-21)6-16-23-24-18(26)25(16)12-3-4-22-13(7-12)10-1-2-14-15(5-10)28-9-27-14;3-2(4,5)1(6)7/h1-5,7H,6,8-9,21H2,(H,24,26);(H,6,7). The number of hydrogen-bond donors (Lipinski definition) is 3. The van der Waals surface area contributed by atoms with Crippen molar-refractivity contribution >= 4 is 5.97 Å². The number of aromatic nitrogens is 4. The number of nitrogens with one attached hydrogen (secondary N) is 1. The van der Waals surface area contributed by atoms with Gasteiger partial charge in [0.05, 0.1) is 11.4 Å². The quantitative estimate of drug-likeness (QED) is 0.453. The van der Waals surface area contributed by atoms with Gasteiger partial charge in [-0.15, -0.1) is 0 Å². The number of nitrogens with two attached hydrogens (primary N) is 1. The van der Waals surface area contributed by atoms with Crippen LogP contribution < -0.4 is 20.9 Å². The second-order valence-corrected chi connectivity index (χ2v) is 6.80. The number of aromatic amines is 1. The first-order chi connectivity index (χ1) is 16.5. The Morgan fingerprint density at radius 2 is 1.86 bits per heavy atom. The Kier molecular flexibility index (Phi) is 7.49. The summed E-state index contributed by atoms with van der Waals surface area (Å²) in [5.74, 6) is -1.39. The number of ether oxygens (including phenoxy) is 2. The van der Waals surface area contributed by atoms with E-state index in [1.54, 1.807) is 24.3 Å². The highest BCUT2D eigenvalue weighted by Gasteiger charge is 2.38. The highest BCUT2D eigenvalue weighted by molar-refractivity contribution is 5.73. The lowest BCUT2D eigenvalue weighted by Crippen LogP contribution is -2.21. The summed E-state index contributed by atoms with van der Waals surface area (Å²) in [6.07, 6.45) is -5.69. The molecule has 0 radical (unpaired) electrons. The van der Waals surface area contributed by atoms with Crippen molar-refractivity contribution in [2.24, 2.45) is 5.73 Å². The minimum Gasteiger partial charge on any atom is -0.475 e. The monoisotopic (exact) mass is 501 g/mol. The van der Waals surface area contributed by atoms with Crippen molar-refractivity contribution in [2.75, 3.05) is 13.3 Å². The molecule has 1 aliphatic heterocycles. The number of halogens is 5. The van der Waals surface area contributed by atoms with Crippen LogP contribution in [0.15, 0.2) is 53.0 Å². The number of carboxylic acid groups (broad SMARTS) is 1. The largest absolute Gasteiger partial charge is 0.490 e. The van der Waals surface area contributed by atoms with Gasteiger partial charge in [0.15, 0.2) is 11.5 Å². The van der Waals surface area contributed by atoms with Crippen LogP contribution in [0, 0.1) is 0 Å². The summed E-state index contributed by atoms with van der Waals surface area (Å²) >= 11 is 0. The molecule has 1 aliphatic rings. The van der Waals surface area contributed by atoms with E-state index in [0.717, 1.165) is 5.56 Å². The number of aliphatic carboxylic acids is 1. The number of H-pyrrole nitrogens is 1. The fraction of sp³-hybridized carbons (Fsp3) is 0.200. The van der Waals surface area contributed by atoms with Gasteiger partial charge in [-0.25, -0.2) is 19.3 Å². The van der Waals surface area contributed by atoms with Crippen molar-refractivity contribution < 1.29 is 41.3 Å². The molecular weight excluding hydrogens is 485 g/mol. The van der Waals surface area contributed by atoms with Crippen LogP contribution >= 0.6 is 0 Å². The Morgan fingerprint density at radius 3 is 2.49 bits per heavy atom. The molecule has 186 valence electrons. The third kappa shape index (κ3) is 6.00. The summed E-state index contributed by atoms with van der Waals surface area (Å²) < 4.78 is 69.5. The Balaban J connectivity index is 0.000000429. The maximum absolute atomic E-state index is 13.0. The van der Waals surface area contributed by atoms with Crippen LogP contribution in [0.5, 0.6) is 11.5 Å².